The van der Waals surface area contributed by atoms with Gasteiger partial charge in [0.25, 0.3) is 5.91 Å². The molecular weight excluding hydrogens is 424 g/mol. The van der Waals surface area contributed by atoms with Crippen LogP contribution >= 0.6 is 11.6 Å². The molecule has 2 aromatic carbocycles. The number of amides is 1. The van der Waals surface area contributed by atoms with Crippen molar-refractivity contribution in [1.82, 2.24) is 30.7 Å². The third kappa shape index (κ3) is 4.07. The lowest BCUT2D eigenvalue weighted by atomic mass is 10.1. The number of rotatable bonds is 5. The zero-order valence-electron chi connectivity index (χ0n) is 16.0. The lowest BCUT2D eigenvalue weighted by Crippen LogP contribution is -2.19. The number of carbonyl (C=O) groups is 1. The molecule has 0 saturated carbocycles. The van der Waals surface area contributed by atoms with E-state index in [2.05, 4.69) is 35.8 Å². The second kappa shape index (κ2) is 8.24. The molecule has 31 heavy (non-hydrogen) atoms. The first-order valence-corrected chi connectivity index (χ1v) is 9.25. The summed E-state index contributed by atoms with van der Waals surface area (Å²) in [6.45, 7) is 1.94. The monoisotopic (exact) mass is 438 g/mol. The molecule has 0 aliphatic heterocycles. The minimum absolute atomic E-state index is 0.0142. The van der Waals surface area contributed by atoms with Gasteiger partial charge < -0.3 is 10.8 Å². The molecule has 2 aromatic heterocycles. The van der Waals surface area contributed by atoms with E-state index in [1.165, 1.54) is 29.1 Å². The van der Waals surface area contributed by atoms with Gasteiger partial charge in [0.2, 0.25) is 11.6 Å². The highest BCUT2D eigenvalue weighted by Crippen LogP contribution is 2.26. The molecule has 0 aliphatic rings. The second-order valence-electron chi connectivity index (χ2n) is 6.44. The molecule has 4 aromatic rings. The van der Waals surface area contributed by atoms with Crippen molar-refractivity contribution in [2.75, 3.05) is 5.73 Å². The molecular formula is C19H15ClN8O3. The minimum Gasteiger partial charge on any atom is -0.507 e. The fourth-order valence-electron chi connectivity index (χ4n) is 2.73. The van der Waals surface area contributed by atoms with Crippen molar-refractivity contribution in [3.05, 3.63) is 64.3 Å². The van der Waals surface area contributed by atoms with Crippen molar-refractivity contribution < 1.29 is 14.5 Å². The number of halogens is 1. The Morgan fingerprint density at radius 2 is 2.03 bits per heavy atom. The molecule has 1 amide bonds. The molecule has 11 nitrogen and oxygen atoms in total. The van der Waals surface area contributed by atoms with Gasteiger partial charge in [-0.3, -0.25) is 4.79 Å². The maximum absolute atomic E-state index is 12.8. The van der Waals surface area contributed by atoms with E-state index in [4.69, 9.17) is 17.3 Å². The topological polar surface area (TPSA) is 157 Å². The van der Waals surface area contributed by atoms with E-state index >= 15 is 0 Å². The summed E-state index contributed by atoms with van der Waals surface area (Å²) in [5, 5.41) is 29.3. The molecule has 0 unspecified atom stereocenters. The number of aromatic hydroxyl groups is 1. The lowest BCUT2D eigenvalue weighted by Gasteiger charge is -2.06. The van der Waals surface area contributed by atoms with Gasteiger partial charge in [0, 0.05) is 16.1 Å². The van der Waals surface area contributed by atoms with E-state index in [1.54, 1.807) is 12.1 Å². The quantitative estimate of drug-likeness (QED) is 0.316. The number of carbonyl (C=O) groups excluding carboxylic acids is 1. The number of nitrogens with one attached hydrogen (secondary N) is 1. The summed E-state index contributed by atoms with van der Waals surface area (Å²) in [6, 6.07) is 11.8. The lowest BCUT2D eigenvalue weighted by molar-refractivity contribution is 0.0950. The molecule has 12 heteroatoms. The number of nitrogen functional groups attached to an aromatic ring is 1. The summed E-state index contributed by atoms with van der Waals surface area (Å²) in [6.07, 6.45) is 1.26. The molecule has 156 valence electrons. The van der Waals surface area contributed by atoms with Gasteiger partial charge in [0.1, 0.15) is 11.4 Å². The number of anilines is 1. The second-order valence-corrected chi connectivity index (χ2v) is 6.88. The Morgan fingerprint density at radius 1 is 1.26 bits per heavy atom. The van der Waals surface area contributed by atoms with E-state index in [-0.39, 0.29) is 23.1 Å². The van der Waals surface area contributed by atoms with Crippen molar-refractivity contribution in [2.24, 2.45) is 5.10 Å². The number of hydrogen-bond donors (Lipinski definition) is 3. The highest BCUT2D eigenvalue weighted by atomic mass is 35.5. The number of aryl methyl sites for hydroxylation is 1. The normalized spacial score (nSPS) is 11.2. The summed E-state index contributed by atoms with van der Waals surface area (Å²) < 4.78 is 5.90. The number of nitrogens with two attached hydrogens (primary N) is 1. The maximum Gasteiger partial charge on any atom is 0.294 e. The standard InChI is InChI=1S/C19H15ClN8O3/c1-10-2-4-11(5-3-10)16-15(23-27-28(16)18-17(21)25-31-26-18)19(30)24-22-9-12-8-13(20)6-7-14(12)29/h2-9,29H,1H3,(H2,21,25)(H,24,30). The first-order valence-electron chi connectivity index (χ1n) is 8.87. The van der Waals surface area contributed by atoms with Crippen LogP contribution in [0.3, 0.4) is 0 Å². The maximum atomic E-state index is 12.8. The van der Waals surface area contributed by atoms with Gasteiger partial charge in [-0.2, -0.15) is 9.78 Å². The average Bonchev–Trinajstić information content (AvgIpc) is 3.37. The Bertz CT molecular complexity index is 1280. The fourth-order valence-corrected chi connectivity index (χ4v) is 2.91. The highest BCUT2D eigenvalue weighted by molar-refractivity contribution is 6.30. The van der Waals surface area contributed by atoms with Gasteiger partial charge >= 0.3 is 0 Å². The SMILES string of the molecule is Cc1ccc(-c2c(C(=O)NN=Cc3cc(Cl)ccc3O)nnn2-c2nonc2N)cc1. The van der Waals surface area contributed by atoms with Crippen LogP contribution in [0.4, 0.5) is 5.82 Å². The van der Waals surface area contributed by atoms with Gasteiger partial charge in [-0.05, 0) is 35.4 Å². The van der Waals surface area contributed by atoms with Crippen LogP contribution in [0.25, 0.3) is 17.1 Å². The van der Waals surface area contributed by atoms with E-state index in [0.29, 0.717) is 21.8 Å². The largest absolute Gasteiger partial charge is 0.507 e. The zero-order chi connectivity index (χ0) is 22.0. The van der Waals surface area contributed by atoms with E-state index in [9.17, 15) is 9.90 Å². The molecule has 4 rings (SSSR count). The van der Waals surface area contributed by atoms with Crippen LogP contribution in [0.15, 0.2) is 52.2 Å². The molecule has 0 fully saturated rings. The Labute approximate surface area is 180 Å². The van der Waals surface area contributed by atoms with Crippen molar-refractivity contribution in [3.63, 3.8) is 0 Å². The van der Waals surface area contributed by atoms with Gasteiger partial charge in [-0.1, -0.05) is 46.6 Å². The van der Waals surface area contributed by atoms with Crippen LogP contribution in [0.5, 0.6) is 5.75 Å². The predicted octanol–water partition coefficient (Wildman–Crippen LogP) is 2.33. The summed E-state index contributed by atoms with van der Waals surface area (Å²) >= 11 is 5.91. The van der Waals surface area contributed by atoms with Crippen LogP contribution in [-0.4, -0.2) is 42.5 Å². The number of phenolic OH excluding ortho intramolecular Hbond substituents is 1. The Kier molecular flexibility index (Phi) is 5.33. The first-order chi connectivity index (χ1) is 14.9. The summed E-state index contributed by atoms with van der Waals surface area (Å²) in [7, 11) is 0. The number of aromatic nitrogens is 5. The van der Waals surface area contributed by atoms with E-state index < -0.39 is 5.91 Å². The van der Waals surface area contributed by atoms with E-state index in [0.717, 1.165) is 5.56 Å². The molecule has 2 heterocycles. The summed E-state index contributed by atoms with van der Waals surface area (Å²) in [5.74, 6) is -0.605. The summed E-state index contributed by atoms with van der Waals surface area (Å²) in [5.41, 5.74) is 10.4. The highest BCUT2D eigenvalue weighted by Gasteiger charge is 2.25. The van der Waals surface area contributed by atoms with Crippen LogP contribution in [0, 0.1) is 6.92 Å². The first kappa shape index (κ1) is 20.0. The molecule has 0 radical (unpaired) electrons. The third-order valence-electron chi connectivity index (χ3n) is 4.27. The number of benzene rings is 2. The Hall–Kier alpha value is -4.25. The van der Waals surface area contributed by atoms with Crippen LogP contribution < -0.4 is 11.2 Å². The molecule has 0 saturated heterocycles. The molecule has 4 N–H and O–H groups in total. The molecule has 0 bridgehead atoms. The molecule has 0 atom stereocenters. The zero-order valence-corrected chi connectivity index (χ0v) is 16.8. The fraction of sp³-hybridized carbons (Fsp3) is 0.0526. The van der Waals surface area contributed by atoms with Gasteiger partial charge in [-0.15, -0.1) is 5.10 Å². The van der Waals surface area contributed by atoms with Crippen LogP contribution in [0.2, 0.25) is 5.02 Å². The summed E-state index contributed by atoms with van der Waals surface area (Å²) in [4.78, 5) is 12.8. The number of nitrogens with zero attached hydrogens (tertiary/aromatic N) is 6. The van der Waals surface area contributed by atoms with Gasteiger partial charge in [0.15, 0.2) is 5.69 Å². The van der Waals surface area contributed by atoms with Crippen LogP contribution in [0.1, 0.15) is 21.6 Å². The minimum atomic E-state index is -0.644. The van der Waals surface area contributed by atoms with Crippen molar-refractivity contribution in [3.8, 4) is 22.8 Å². The molecule has 0 spiro atoms. The number of hydrazone groups is 1. The van der Waals surface area contributed by atoms with Gasteiger partial charge in [0.05, 0.1) is 6.21 Å². The van der Waals surface area contributed by atoms with E-state index in [1.807, 2.05) is 19.1 Å². The van der Waals surface area contributed by atoms with Crippen molar-refractivity contribution in [2.45, 2.75) is 6.92 Å². The number of phenols is 1. The molecule has 0 aliphatic carbocycles. The third-order valence-corrected chi connectivity index (χ3v) is 4.50. The Morgan fingerprint density at radius 3 is 2.74 bits per heavy atom. The smallest absolute Gasteiger partial charge is 0.294 e. The number of hydrogen-bond acceptors (Lipinski definition) is 9. The van der Waals surface area contributed by atoms with Crippen LogP contribution in [-0.2, 0) is 0 Å². The average molecular weight is 439 g/mol. The van der Waals surface area contributed by atoms with Crippen molar-refractivity contribution >= 4 is 29.5 Å². The van der Waals surface area contributed by atoms with Gasteiger partial charge in [-0.25, -0.2) is 10.1 Å². The Balaban J connectivity index is 1.69. The van der Waals surface area contributed by atoms with Crippen molar-refractivity contribution in [1.29, 1.82) is 0 Å². The predicted molar refractivity (Wildman–Crippen MR) is 112 cm³/mol.